The highest BCUT2D eigenvalue weighted by Crippen LogP contribution is 2.39. The first-order valence-corrected chi connectivity index (χ1v) is 11.8. The van der Waals surface area contributed by atoms with E-state index < -0.39 is 0 Å². The van der Waals surface area contributed by atoms with Gasteiger partial charge in [-0.25, -0.2) is 4.57 Å². The van der Waals surface area contributed by atoms with Gasteiger partial charge in [0.1, 0.15) is 8.42 Å². The quantitative estimate of drug-likeness (QED) is 0.376. The van der Waals surface area contributed by atoms with Crippen molar-refractivity contribution in [2.75, 3.05) is 0 Å². The lowest BCUT2D eigenvalue weighted by molar-refractivity contribution is -0.659. The van der Waals surface area contributed by atoms with Crippen molar-refractivity contribution in [3.8, 4) is 11.3 Å². The van der Waals surface area contributed by atoms with Crippen LogP contribution >= 0.6 is 0 Å². The van der Waals surface area contributed by atoms with Gasteiger partial charge in [-0.2, -0.15) is 0 Å². The summed E-state index contributed by atoms with van der Waals surface area (Å²) >= 11 is 0. The molecule has 0 amide bonds. The van der Waals surface area contributed by atoms with E-state index in [0.29, 0.717) is 12.0 Å². The summed E-state index contributed by atoms with van der Waals surface area (Å²) < 4.78 is 19.5. The summed E-state index contributed by atoms with van der Waals surface area (Å²) in [6.07, 6.45) is 2.42. The van der Waals surface area contributed by atoms with Gasteiger partial charge < -0.3 is 0 Å². The van der Waals surface area contributed by atoms with Crippen LogP contribution in [0.25, 0.3) is 22.0 Å². The monoisotopic (exact) mass is 418 g/mol. The minimum Gasteiger partial charge on any atom is -0.200 e. The standard InChI is InChI=1S/C30H42N/c1-11-21(12-2)22-13-14-25-23(17-22)15-16-31(10)28(25)26-18-24(29(4,5)6)19-27(20(26)3)30(7,8)9/h13-19,21H,11-12H2,1-10H3/q+1/i15D,16D. The molecule has 0 aliphatic carbocycles. The van der Waals surface area contributed by atoms with Crippen molar-refractivity contribution < 1.29 is 7.31 Å². The van der Waals surface area contributed by atoms with Gasteiger partial charge in [0.2, 0.25) is 5.69 Å². The maximum atomic E-state index is 8.78. The molecule has 31 heavy (non-hydrogen) atoms. The van der Waals surface area contributed by atoms with E-state index in [2.05, 4.69) is 92.6 Å². The van der Waals surface area contributed by atoms with Gasteiger partial charge in [-0.15, -0.1) is 0 Å². The fourth-order valence-corrected chi connectivity index (χ4v) is 4.76. The van der Waals surface area contributed by atoms with Gasteiger partial charge >= 0.3 is 0 Å². The number of pyridine rings is 1. The van der Waals surface area contributed by atoms with Gasteiger partial charge in [0.05, 0.1) is 12.3 Å². The van der Waals surface area contributed by atoms with E-state index >= 15 is 0 Å². The molecule has 0 aliphatic heterocycles. The van der Waals surface area contributed by atoms with E-state index in [1.54, 1.807) is 0 Å². The van der Waals surface area contributed by atoms with Crippen molar-refractivity contribution >= 4 is 10.8 Å². The number of fused-ring (bicyclic) bond motifs is 1. The zero-order valence-electron chi connectivity index (χ0n) is 23.3. The van der Waals surface area contributed by atoms with Gasteiger partial charge in [-0.3, -0.25) is 0 Å². The Labute approximate surface area is 193 Å². The van der Waals surface area contributed by atoms with Gasteiger partial charge in [0.25, 0.3) is 0 Å². The first-order chi connectivity index (χ1) is 15.2. The van der Waals surface area contributed by atoms with Crippen molar-refractivity contribution in [1.82, 2.24) is 0 Å². The third kappa shape index (κ3) is 4.56. The lowest BCUT2D eigenvalue weighted by Crippen LogP contribution is -2.31. The normalized spacial score (nSPS) is 13.6. The van der Waals surface area contributed by atoms with Crippen LogP contribution in [0.4, 0.5) is 0 Å². The SMILES string of the molecule is [2H]c1c([2H])[n+](C)c(-c2cc(C(C)(C)C)cc(C(C)(C)C)c2C)c2ccc(C(CC)CC)cc12. The molecule has 0 radical (unpaired) electrons. The zero-order valence-corrected chi connectivity index (χ0v) is 21.3. The average Bonchev–Trinajstić information content (AvgIpc) is 2.72. The van der Waals surface area contributed by atoms with Crippen LogP contribution in [-0.4, -0.2) is 0 Å². The molecule has 0 aliphatic rings. The average molecular weight is 419 g/mol. The fraction of sp³-hybridized carbons (Fsp3) is 0.500. The number of nitrogens with zero attached hydrogens (tertiary/aromatic N) is 1. The summed E-state index contributed by atoms with van der Waals surface area (Å²) in [5, 5.41) is 1.94. The molecular formula is C30H42N+. The van der Waals surface area contributed by atoms with Crippen LogP contribution in [0, 0.1) is 6.92 Å². The highest BCUT2D eigenvalue weighted by atomic mass is 14.9. The van der Waals surface area contributed by atoms with Crippen molar-refractivity contribution in [3.63, 3.8) is 0 Å². The van der Waals surface area contributed by atoms with E-state index in [4.69, 9.17) is 2.74 Å². The Bertz CT molecular complexity index is 1190. The number of benzene rings is 2. The molecule has 0 saturated heterocycles. The molecular weight excluding hydrogens is 374 g/mol. The Balaban J connectivity index is 2.47. The molecule has 0 N–H and O–H groups in total. The molecule has 0 atom stereocenters. The highest BCUT2D eigenvalue weighted by molar-refractivity contribution is 5.94. The van der Waals surface area contributed by atoms with Crippen LogP contribution in [-0.2, 0) is 17.9 Å². The molecule has 0 fully saturated rings. The predicted molar refractivity (Wildman–Crippen MR) is 136 cm³/mol. The van der Waals surface area contributed by atoms with Crippen molar-refractivity contribution in [1.29, 1.82) is 0 Å². The highest BCUT2D eigenvalue weighted by Gasteiger charge is 2.27. The first kappa shape index (κ1) is 20.7. The number of hydrogen-bond donors (Lipinski definition) is 0. The van der Waals surface area contributed by atoms with Crippen LogP contribution in [0.3, 0.4) is 0 Å². The number of aromatic nitrogens is 1. The Kier molecular flexibility index (Phi) is 5.63. The largest absolute Gasteiger partial charge is 0.220 e. The van der Waals surface area contributed by atoms with Gasteiger partial charge in [-0.05, 0) is 76.3 Å². The lowest BCUT2D eigenvalue weighted by Gasteiger charge is -2.28. The summed E-state index contributed by atoms with van der Waals surface area (Å²) in [4.78, 5) is 0. The third-order valence-electron chi connectivity index (χ3n) is 6.79. The van der Waals surface area contributed by atoms with E-state index in [-0.39, 0.29) is 17.0 Å². The Morgan fingerprint density at radius 2 is 1.58 bits per heavy atom. The molecule has 1 heteroatoms. The Hall–Kier alpha value is -2.15. The van der Waals surface area contributed by atoms with Gasteiger partial charge in [-0.1, -0.05) is 73.6 Å². The molecule has 1 nitrogen and oxygen atoms in total. The second kappa shape index (κ2) is 8.41. The lowest BCUT2D eigenvalue weighted by atomic mass is 9.76. The van der Waals surface area contributed by atoms with E-state index in [1.807, 2.05) is 11.6 Å². The van der Waals surface area contributed by atoms with Crippen molar-refractivity contribution in [2.45, 2.75) is 91.9 Å². The predicted octanol–water partition coefficient (Wildman–Crippen LogP) is 8.14. The summed E-state index contributed by atoms with van der Waals surface area (Å²) in [5.74, 6) is 0.485. The summed E-state index contributed by atoms with van der Waals surface area (Å²) in [7, 11) is 1.93. The van der Waals surface area contributed by atoms with Crippen LogP contribution in [0.5, 0.6) is 0 Å². The maximum Gasteiger partial charge on any atom is 0.220 e. The third-order valence-corrected chi connectivity index (χ3v) is 6.79. The molecule has 1 heterocycles. The summed E-state index contributed by atoms with van der Waals surface area (Å²) in [6.45, 7) is 20.3. The van der Waals surface area contributed by atoms with E-state index in [9.17, 15) is 0 Å². The molecule has 0 unspecified atom stereocenters. The van der Waals surface area contributed by atoms with Crippen LogP contribution in [0.2, 0.25) is 0 Å². The molecule has 0 saturated carbocycles. The second-order valence-electron chi connectivity index (χ2n) is 11.2. The summed E-state index contributed by atoms with van der Waals surface area (Å²) in [6, 6.07) is 11.6. The van der Waals surface area contributed by atoms with Gasteiger partial charge in [0, 0.05) is 6.04 Å². The molecule has 166 valence electrons. The van der Waals surface area contributed by atoms with Crippen LogP contribution < -0.4 is 4.57 Å². The smallest absolute Gasteiger partial charge is 0.200 e. The van der Waals surface area contributed by atoms with Crippen molar-refractivity contribution in [3.05, 3.63) is 64.8 Å². The first-order valence-electron chi connectivity index (χ1n) is 12.8. The molecule has 0 spiro atoms. The molecule has 3 aromatic rings. The Morgan fingerprint density at radius 1 is 0.935 bits per heavy atom. The van der Waals surface area contributed by atoms with E-state index in [1.165, 1.54) is 27.8 Å². The minimum atomic E-state index is 0.0102. The molecule has 2 aromatic carbocycles. The second-order valence-corrected chi connectivity index (χ2v) is 11.2. The van der Waals surface area contributed by atoms with E-state index in [0.717, 1.165) is 29.3 Å². The van der Waals surface area contributed by atoms with Crippen molar-refractivity contribution in [2.24, 2.45) is 7.05 Å². The zero-order chi connectivity index (χ0) is 24.9. The van der Waals surface area contributed by atoms with Crippen LogP contribution in [0.15, 0.2) is 42.5 Å². The molecule has 3 rings (SSSR count). The molecule has 0 bridgehead atoms. The minimum absolute atomic E-state index is 0.0102. The van der Waals surface area contributed by atoms with Crippen LogP contribution in [0.1, 0.15) is 99.1 Å². The molecule has 1 aromatic heterocycles. The van der Waals surface area contributed by atoms with Gasteiger partial charge in [0.15, 0.2) is 6.17 Å². The Morgan fingerprint density at radius 3 is 2.13 bits per heavy atom. The maximum absolute atomic E-state index is 8.78. The topological polar surface area (TPSA) is 3.88 Å². The number of rotatable bonds is 4. The number of hydrogen-bond acceptors (Lipinski definition) is 0. The summed E-state index contributed by atoms with van der Waals surface area (Å²) in [5.41, 5.74) is 7.41. The fourth-order valence-electron chi connectivity index (χ4n) is 4.76.